The van der Waals surface area contributed by atoms with Crippen LogP contribution in [0.5, 0.6) is 0 Å². The van der Waals surface area contributed by atoms with E-state index in [9.17, 15) is 14.9 Å². The van der Waals surface area contributed by atoms with Crippen LogP contribution in [0.1, 0.15) is 44.5 Å². The Kier molecular flexibility index (Phi) is 7.30. The summed E-state index contributed by atoms with van der Waals surface area (Å²) in [5.74, 6) is -0.126. The smallest absolute Gasteiger partial charge is 0.209 e. The van der Waals surface area contributed by atoms with Gasteiger partial charge in [0.15, 0.2) is 5.78 Å². The van der Waals surface area contributed by atoms with Gasteiger partial charge in [-0.15, -0.1) is 0 Å². The molecule has 0 unspecified atom stereocenters. The molecule has 0 aromatic heterocycles. The first-order valence-corrected chi connectivity index (χ1v) is 6.58. The molecule has 0 atom stereocenters. The van der Waals surface area contributed by atoms with E-state index in [1.165, 1.54) is 0 Å². The number of halogens is 1. The number of hydrogen-bond donors (Lipinski definition) is 0. The molecule has 0 radical (unpaired) electrons. The first kappa shape index (κ1) is 17.6. The molecule has 4 nitrogen and oxygen atoms in total. The second-order valence-corrected chi connectivity index (χ2v) is 5.20. The molecule has 0 N–H and O–H groups in total. The zero-order chi connectivity index (χ0) is 15.1. The van der Waals surface area contributed by atoms with E-state index in [-0.39, 0.29) is 18.7 Å². The standard InChI is InChI=1S/C12H14ClNO3.C2H6/c1-12(2,8-14(16)17)7-11(15)9-4-3-5-10(13)6-9;1-2/h3-6H,7-8H2,1-2H3;1-2H3. The van der Waals surface area contributed by atoms with Gasteiger partial charge in [0.05, 0.1) is 0 Å². The lowest BCUT2D eigenvalue weighted by molar-refractivity contribution is -0.495. The van der Waals surface area contributed by atoms with Crippen molar-refractivity contribution in [2.45, 2.75) is 34.1 Å². The summed E-state index contributed by atoms with van der Waals surface area (Å²) in [6.45, 7) is 7.19. The van der Waals surface area contributed by atoms with Gasteiger partial charge in [0.1, 0.15) is 0 Å². The van der Waals surface area contributed by atoms with Crippen molar-refractivity contribution < 1.29 is 9.72 Å². The van der Waals surface area contributed by atoms with Crippen LogP contribution in [0.4, 0.5) is 0 Å². The zero-order valence-electron chi connectivity index (χ0n) is 11.8. The predicted molar refractivity (Wildman–Crippen MR) is 77.4 cm³/mol. The third kappa shape index (κ3) is 6.91. The maximum Gasteiger partial charge on any atom is 0.209 e. The fourth-order valence-corrected chi connectivity index (χ4v) is 1.79. The first-order valence-electron chi connectivity index (χ1n) is 6.21. The minimum Gasteiger partial charge on any atom is -0.294 e. The van der Waals surface area contributed by atoms with E-state index in [4.69, 9.17) is 11.6 Å². The van der Waals surface area contributed by atoms with Crippen LogP contribution < -0.4 is 0 Å². The maximum absolute atomic E-state index is 11.9. The van der Waals surface area contributed by atoms with E-state index < -0.39 is 10.3 Å². The summed E-state index contributed by atoms with van der Waals surface area (Å²) in [5.41, 5.74) is -0.156. The van der Waals surface area contributed by atoms with Gasteiger partial charge in [-0.05, 0) is 12.1 Å². The van der Waals surface area contributed by atoms with Gasteiger partial charge in [0.25, 0.3) is 0 Å². The molecule has 1 aromatic carbocycles. The Labute approximate surface area is 118 Å². The van der Waals surface area contributed by atoms with Gasteiger partial charge >= 0.3 is 0 Å². The number of ketones is 1. The van der Waals surface area contributed by atoms with E-state index in [0.717, 1.165) is 0 Å². The van der Waals surface area contributed by atoms with Crippen LogP contribution in [0, 0.1) is 15.5 Å². The molecule has 19 heavy (non-hydrogen) atoms. The Morgan fingerprint density at radius 1 is 1.37 bits per heavy atom. The normalized spacial score (nSPS) is 10.4. The minimum atomic E-state index is -0.650. The van der Waals surface area contributed by atoms with Gasteiger partial charge in [0.2, 0.25) is 6.54 Å². The summed E-state index contributed by atoms with van der Waals surface area (Å²) >= 11 is 5.78. The molecule has 0 aliphatic carbocycles. The number of carbonyl (C=O) groups is 1. The monoisotopic (exact) mass is 285 g/mol. The topological polar surface area (TPSA) is 60.2 Å². The van der Waals surface area contributed by atoms with Gasteiger partial charge in [0, 0.05) is 27.3 Å². The molecule has 0 bridgehead atoms. The summed E-state index contributed by atoms with van der Waals surface area (Å²) < 4.78 is 0. The molecule has 0 saturated heterocycles. The molecule has 106 valence electrons. The fraction of sp³-hybridized carbons (Fsp3) is 0.500. The average Bonchev–Trinajstić information content (AvgIpc) is 2.29. The Morgan fingerprint density at radius 3 is 2.42 bits per heavy atom. The van der Waals surface area contributed by atoms with E-state index in [2.05, 4.69) is 0 Å². The van der Waals surface area contributed by atoms with Gasteiger partial charge in [-0.25, -0.2) is 0 Å². The second kappa shape index (κ2) is 7.89. The van der Waals surface area contributed by atoms with E-state index in [0.29, 0.717) is 10.6 Å². The summed E-state index contributed by atoms with van der Waals surface area (Å²) in [6.07, 6.45) is 0.133. The highest BCUT2D eigenvalue weighted by Crippen LogP contribution is 2.24. The van der Waals surface area contributed by atoms with E-state index in [1.54, 1.807) is 38.1 Å². The third-order valence-electron chi connectivity index (χ3n) is 2.34. The number of nitrogens with zero attached hydrogens (tertiary/aromatic N) is 1. The van der Waals surface area contributed by atoms with Crippen molar-refractivity contribution in [2.75, 3.05) is 6.54 Å². The van der Waals surface area contributed by atoms with Crippen molar-refractivity contribution in [2.24, 2.45) is 5.41 Å². The SMILES string of the molecule is CC.CC(C)(CC(=O)c1cccc(Cl)c1)C[N+](=O)[O-]. The predicted octanol–water partition coefficient (Wildman–Crippen LogP) is 4.24. The molecule has 0 amide bonds. The van der Waals surface area contributed by atoms with Crippen LogP contribution >= 0.6 is 11.6 Å². The molecule has 0 saturated carbocycles. The van der Waals surface area contributed by atoms with Crippen molar-refractivity contribution in [1.29, 1.82) is 0 Å². The van der Waals surface area contributed by atoms with Crippen molar-refractivity contribution in [3.63, 3.8) is 0 Å². The number of carbonyl (C=O) groups excluding carboxylic acids is 1. The lowest BCUT2D eigenvalue weighted by atomic mass is 9.85. The van der Waals surface area contributed by atoms with Crippen LogP contribution in [0.2, 0.25) is 5.02 Å². The molecule has 0 spiro atoms. The molecule has 0 fully saturated rings. The summed E-state index contributed by atoms with van der Waals surface area (Å²) in [7, 11) is 0. The van der Waals surface area contributed by atoms with Crippen LogP contribution in [-0.4, -0.2) is 17.3 Å². The molecule has 0 heterocycles. The van der Waals surface area contributed by atoms with Crippen molar-refractivity contribution >= 4 is 17.4 Å². The third-order valence-corrected chi connectivity index (χ3v) is 2.58. The average molecular weight is 286 g/mol. The molecule has 1 aromatic rings. The fourth-order valence-electron chi connectivity index (χ4n) is 1.60. The van der Waals surface area contributed by atoms with Crippen molar-refractivity contribution in [3.8, 4) is 0 Å². The second-order valence-electron chi connectivity index (χ2n) is 4.77. The van der Waals surface area contributed by atoms with E-state index >= 15 is 0 Å². The van der Waals surface area contributed by atoms with Crippen LogP contribution in [0.15, 0.2) is 24.3 Å². The highest BCUT2D eigenvalue weighted by Gasteiger charge is 2.28. The van der Waals surface area contributed by atoms with E-state index in [1.807, 2.05) is 13.8 Å². The summed E-state index contributed by atoms with van der Waals surface area (Å²) in [5, 5.41) is 10.9. The van der Waals surface area contributed by atoms with Crippen LogP contribution in [0.25, 0.3) is 0 Å². The number of rotatable bonds is 5. The summed E-state index contributed by atoms with van der Waals surface area (Å²) in [6, 6.07) is 6.61. The first-order chi connectivity index (χ1) is 8.80. The lowest BCUT2D eigenvalue weighted by Crippen LogP contribution is -2.26. The molecular weight excluding hydrogens is 266 g/mol. The largest absolute Gasteiger partial charge is 0.294 e. The van der Waals surface area contributed by atoms with Gasteiger partial charge in [-0.2, -0.15) is 0 Å². The number of Topliss-reactive ketones (excluding diaryl/α,β-unsaturated/α-hetero) is 1. The summed E-state index contributed by atoms with van der Waals surface area (Å²) in [4.78, 5) is 22.0. The van der Waals surface area contributed by atoms with Crippen molar-refractivity contribution in [3.05, 3.63) is 45.0 Å². The molecule has 0 aliphatic rings. The molecular formula is C14H20ClNO3. The van der Waals surface area contributed by atoms with Gasteiger partial charge in [-0.1, -0.05) is 51.4 Å². The Balaban J connectivity index is 0.00000154. The molecule has 5 heteroatoms. The quantitative estimate of drug-likeness (QED) is 0.462. The minimum absolute atomic E-state index is 0.126. The highest BCUT2D eigenvalue weighted by molar-refractivity contribution is 6.31. The number of nitro groups is 1. The number of benzene rings is 1. The highest BCUT2D eigenvalue weighted by atomic mass is 35.5. The van der Waals surface area contributed by atoms with Crippen molar-refractivity contribution in [1.82, 2.24) is 0 Å². The lowest BCUT2D eigenvalue weighted by Gasteiger charge is -2.18. The van der Waals surface area contributed by atoms with Gasteiger partial charge in [-0.3, -0.25) is 14.9 Å². The van der Waals surface area contributed by atoms with Crippen LogP contribution in [0.3, 0.4) is 0 Å². The zero-order valence-corrected chi connectivity index (χ0v) is 12.5. The Morgan fingerprint density at radius 2 is 1.95 bits per heavy atom. The van der Waals surface area contributed by atoms with Gasteiger partial charge < -0.3 is 0 Å². The molecule has 0 aliphatic heterocycles. The Hall–Kier alpha value is -1.42. The molecule has 1 rings (SSSR count). The number of hydrogen-bond acceptors (Lipinski definition) is 3. The van der Waals surface area contributed by atoms with Crippen LogP contribution in [-0.2, 0) is 0 Å². The maximum atomic E-state index is 11.9. The Bertz CT molecular complexity index is 444.